The fourth-order valence-corrected chi connectivity index (χ4v) is 3.44. The minimum Gasteiger partial charge on any atom is -0.460 e. The van der Waals surface area contributed by atoms with Crippen molar-refractivity contribution in [1.82, 2.24) is 19.6 Å². The number of methoxy groups -OCH3 is 1. The van der Waals surface area contributed by atoms with Crippen molar-refractivity contribution in [2.45, 2.75) is 32.6 Å². The zero-order valence-corrected chi connectivity index (χ0v) is 18.7. The van der Waals surface area contributed by atoms with E-state index in [1.807, 2.05) is 41.1 Å². The molecule has 0 spiro atoms. The number of anilines is 1. The highest BCUT2D eigenvalue weighted by Crippen LogP contribution is 2.30. The Morgan fingerprint density at radius 2 is 1.84 bits per heavy atom. The lowest BCUT2D eigenvalue weighted by atomic mass is 10.1. The van der Waals surface area contributed by atoms with E-state index < -0.39 is 5.60 Å². The molecule has 4 aromatic rings. The Kier molecular flexibility index (Phi) is 5.96. The monoisotopic (exact) mass is 433 g/mol. The lowest BCUT2D eigenvalue weighted by Crippen LogP contribution is -2.42. The van der Waals surface area contributed by atoms with Crippen molar-refractivity contribution in [3.63, 3.8) is 0 Å². The summed E-state index contributed by atoms with van der Waals surface area (Å²) in [5, 5.41) is 12.5. The Hall–Kier alpha value is -3.65. The van der Waals surface area contributed by atoms with Gasteiger partial charge in [0, 0.05) is 26.4 Å². The van der Waals surface area contributed by atoms with Gasteiger partial charge in [-0.2, -0.15) is 5.10 Å². The summed E-state index contributed by atoms with van der Waals surface area (Å²) in [5.74, 6) is 0.557. The second-order valence-corrected chi connectivity index (χ2v) is 8.17. The second-order valence-electron chi connectivity index (χ2n) is 8.17. The third kappa shape index (κ3) is 4.65. The van der Waals surface area contributed by atoms with E-state index in [2.05, 4.69) is 22.5 Å². The van der Waals surface area contributed by atoms with Gasteiger partial charge in [0.25, 0.3) is 5.91 Å². The molecule has 0 atom stereocenters. The molecule has 0 bridgehead atoms. The van der Waals surface area contributed by atoms with Crippen LogP contribution in [0.1, 0.15) is 25.0 Å². The molecule has 0 unspecified atom stereocenters. The molecule has 0 aliphatic carbocycles. The Morgan fingerprint density at radius 1 is 1.06 bits per heavy atom. The van der Waals surface area contributed by atoms with Gasteiger partial charge in [0.15, 0.2) is 11.4 Å². The maximum Gasteiger partial charge on any atom is 0.269 e. The van der Waals surface area contributed by atoms with Crippen molar-refractivity contribution in [2.75, 3.05) is 12.4 Å². The third-order valence-corrected chi connectivity index (χ3v) is 5.12. The second kappa shape index (κ2) is 8.84. The number of hydrogen-bond acceptors (Lipinski definition) is 5. The first-order valence-electron chi connectivity index (χ1n) is 10.4. The quantitative estimate of drug-likeness (QED) is 0.457. The van der Waals surface area contributed by atoms with Crippen molar-refractivity contribution in [1.29, 1.82) is 0 Å². The molecule has 1 N–H and O–H groups in total. The van der Waals surface area contributed by atoms with Crippen LogP contribution in [-0.4, -0.2) is 38.2 Å². The summed E-state index contributed by atoms with van der Waals surface area (Å²) >= 11 is 0. The van der Waals surface area contributed by atoms with E-state index in [1.165, 1.54) is 0 Å². The number of benzene rings is 2. The summed E-state index contributed by atoms with van der Waals surface area (Å²) in [6, 6.07) is 17.8. The van der Waals surface area contributed by atoms with Crippen LogP contribution in [0.15, 0.2) is 60.8 Å². The lowest BCUT2D eigenvalue weighted by molar-refractivity contribution is -0.128. The molecule has 0 radical (unpaired) electrons. The molecular weight excluding hydrogens is 406 g/mol. The first-order valence-corrected chi connectivity index (χ1v) is 10.4. The summed E-state index contributed by atoms with van der Waals surface area (Å²) in [6.07, 6.45) is 1.76. The van der Waals surface area contributed by atoms with Gasteiger partial charge in [0.05, 0.1) is 24.1 Å². The Balaban J connectivity index is 1.66. The summed E-state index contributed by atoms with van der Waals surface area (Å²) in [6.45, 7) is 4.49. The molecule has 4 rings (SSSR count). The Bertz CT molecular complexity index is 1230. The van der Waals surface area contributed by atoms with Gasteiger partial charge in [-0.25, -0.2) is 0 Å². The van der Waals surface area contributed by atoms with Crippen LogP contribution in [0, 0.1) is 0 Å². The summed E-state index contributed by atoms with van der Waals surface area (Å²) in [4.78, 5) is 12.9. The SMILES string of the molecule is COCc1ccc2c(c1)c(OC(C)(C)C(=O)Nc1ccn(C)n1)nn2Cc1ccccc1. The standard InChI is InChI=1S/C24H27N5O3/c1-24(2,23(30)25-21-12-13-28(3)26-21)32-22-19-14-18(16-31-4)10-11-20(19)29(27-22)15-17-8-6-5-7-9-17/h5-14H,15-16H2,1-4H3,(H,25,26,30). The highest BCUT2D eigenvalue weighted by molar-refractivity contribution is 5.96. The number of rotatable bonds is 8. The van der Waals surface area contributed by atoms with Crippen LogP contribution < -0.4 is 10.1 Å². The number of carbonyl (C=O) groups is 1. The predicted molar refractivity (Wildman–Crippen MR) is 123 cm³/mol. The molecule has 0 saturated carbocycles. The van der Waals surface area contributed by atoms with Gasteiger partial charge in [-0.1, -0.05) is 36.4 Å². The zero-order valence-electron chi connectivity index (χ0n) is 18.7. The topological polar surface area (TPSA) is 83.2 Å². The summed E-state index contributed by atoms with van der Waals surface area (Å²) in [5.41, 5.74) is 1.87. The van der Waals surface area contributed by atoms with E-state index >= 15 is 0 Å². The number of nitrogens with one attached hydrogen (secondary N) is 1. The van der Waals surface area contributed by atoms with E-state index in [0.29, 0.717) is 24.8 Å². The number of amides is 1. The number of carbonyl (C=O) groups excluding carboxylic acids is 1. The van der Waals surface area contributed by atoms with Crippen LogP contribution >= 0.6 is 0 Å². The van der Waals surface area contributed by atoms with Crippen LogP contribution in [0.5, 0.6) is 5.88 Å². The molecule has 2 heterocycles. The van der Waals surface area contributed by atoms with Gasteiger partial charge in [-0.15, -0.1) is 5.10 Å². The molecule has 166 valence electrons. The van der Waals surface area contributed by atoms with E-state index in [1.54, 1.807) is 44.9 Å². The lowest BCUT2D eigenvalue weighted by Gasteiger charge is -2.23. The van der Waals surface area contributed by atoms with Crippen LogP contribution in [0.25, 0.3) is 10.9 Å². The molecule has 0 aliphatic rings. The first kappa shape index (κ1) is 21.6. The van der Waals surface area contributed by atoms with Crippen LogP contribution in [0.2, 0.25) is 0 Å². The average Bonchev–Trinajstić information content (AvgIpc) is 3.32. The van der Waals surface area contributed by atoms with Gasteiger partial charge >= 0.3 is 0 Å². The molecule has 2 aromatic carbocycles. The molecule has 32 heavy (non-hydrogen) atoms. The molecule has 0 fully saturated rings. The van der Waals surface area contributed by atoms with E-state index in [4.69, 9.17) is 14.6 Å². The zero-order chi connectivity index (χ0) is 22.7. The molecule has 0 aliphatic heterocycles. The minimum atomic E-state index is -1.17. The Morgan fingerprint density at radius 3 is 2.53 bits per heavy atom. The number of fused-ring (bicyclic) bond motifs is 1. The van der Waals surface area contributed by atoms with Crippen molar-refractivity contribution in [2.24, 2.45) is 7.05 Å². The van der Waals surface area contributed by atoms with Crippen molar-refractivity contribution in [3.05, 3.63) is 71.9 Å². The van der Waals surface area contributed by atoms with E-state index in [0.717, 1.165) is 22.0 Å². The van der Waals surface area contributed by atoms with Crippen LogP contribution in [0.4, 0.5) is 5.82 Å². The van der Waals surface area contributed by atoms with Crippen molar-refractivity contribution < 1.29 is 14.3 Å². The molecular formula is C24H27N5O3. The molecule has 2 aromatic heterocycles. The maximum atomic E-state index is 12.9. The molecule has 8 heteroatoms. The van der Waals surface area contributed by atoms with E-state index in [-0.39, 0.29) is 5.91 Å². The number of nitrogens with zero attached hydrogens (tertiary/aromatic N) is 4. The highest BCUT2D eigenvalue weighted by Gasteiger charge is 2.32. The molecule has 8 nitrogen and oxygen atoms in total. The molecule has 1 amide bonds. The predicted octanol–water partition coefficient (Wildman–Crippen LogP) is 3.76. The van der Waals surface area contributed by atoms with Gasteiger partial charge in [-0.3, -0.25) is 14.2 Å². The number of hydrogen-bond donors (Lipinski definition) is 1. The third-order valence-electron chi connectivity index (χ3n) is 5.12. The van der Waals surface area contributed by atoms with Crippen LogP contribution in [0.3, 0.4) is 0 Å². The fraction of sp³-hybridized carbons (Fsp3) is 0.292. The largest absolute Gasteiger partial charge is 0.460 e. The smallest absolute Gasteiger partial charge is 0.269 e. The van der Waals surface area contributed by atoms with Crippen LogP contribution in [-0.2, 0) is 29.7 Å². The van der Waals surface area contributed by atoms with Gasteiger partial charge in [0.2, 0.25) is 5.88 Å². The summed E-state index contributed by atoms with van der Waals surface area (Å²) < 4.78 is 15.0. The maximum absolute atomic E-state index is 12.9. The average molecular weight is 434 g/mol. The van der Waals surface area contributed by atoms with Gasteiger partial charge in [0.1, 0.15) is 0 Å². The van der Waals surface area contributed by atoms with Gasteiger partial charge < -0.3 is 14.8 Å². The molecule has 0 saturated heterocycles. The number of ether oxygens (including phenoxy) is 2. The Labute approximate surface area is 186 Å². The summed E-state index contributed by atoms with van der Waals surface area (Å²) in [7, 11) is 3.45. The van der Waals surface area contributed by atoms with E-state index in [9.17, 15) is 4.79 Å². The van der Waals surface area contributed by atoms with Crippen molar-refractivity contribution in [3.8, 4) is 5.88 Å². The first-order chi connectivity index (χ1) is 15.4. The normalized spacial score (nSPS) is 11.6. The van der Waals surface area contributed by atoms with Gasteiger partial charge in [-0.05, 0) is 37.1 Å². The number of aromatic nitrogens is 4. The highest BCUT2D eigenvalue weighted by atomic mass is 16.5. The van der Waals surface area contributed by atoms with Crippen molar-refractivity contribution >= 4 is 22.6 Å². The fourth-order valence-electron chi connectivity index (χ4n) is 3.44. The number of aryl methyl sites for hydroxylation is 1. The minimum absolute atomic E-state index is 0.310.